The van der Waals surface area contributed by atoms with Gasteiger partial charge in [0.25, 0.3) is 5.91 Å². The summed E-state index contributed by atoms with van der Waals surface area (Å²) in [4.78, 5) is 20.3. The van der Waals surface area contributed by atoms with Crippen LogP contribution in [0.2, 0.25) is 0 Å². The largest absolute Gasteiger partial charge is 0.324 e. The average molecular weight is 358 g/mol. The number of halogens is 3. The van der Waals surface area contributed by atoms with Gasteiger partial charge in [-0.1, -0.05) is 18.2 Å². The minimum absolute atomic E-state index is 0.0692. The van der Waals surface area contributed by atoms with Crippen LogP contribution in [0.1, 0.15) is 16.1 Å². The van der Waals surface area contributed by atoms with Gasteiger partial charge in [0.2, 0.25) is 5.95 Å². The van der Waals surface area contributed by atoms with Gasteiger partial charge in [-0.05, 0) is 36.8 Å². The number of nitrogens with one attached hydrogen (secondary N) is 2. The maximum Gasteiger partial charge on any atom is 0.274 e. The van der Waals surface area contributed by atoms with E-state index >= 15 is 0 Å². The standard InChI is InChI=1S/C18H13F3N4O/c1-10-4-2-3-5-12(10)24-18-22-9-8-14(25-18)17(26)23-13-7-6-11(19)15(20)16(13)21/h2-9H,1H3,(H,23,26)(H,22,24,25). The summed E-state index contributed by atoms with van der Waals surface area (Å²) < 4.78 is 39.9. The van der Waals surface area contributed by atoms with Crippen LogP contribution in [0.4, 0.5) is 30.5 Å². The maximum absolute atomic E-state index is 13.7. The number of anilines is 3. The SMILES string of the molecule is Cc1ccccc1Nc1nccc(C(=O)Nc2ccc(F)c(F)c2F)n1. The van der Waals surface area contributed by atoms with Gasteiger partial charge in [-0.25, -0.2) is 23.1 Å². The van der Waals surface area contributed by atoms with Crippen molar-refractivity contribution >= 4 is 23.2 Å². The van der Waals surface area contributed by atoms with Crippen molar-refractivity contribution in [1.29, 1.82) is 0 Å². The molecule has 0 fully saturated rings. The Morgan fingerprint density at radius 3 is 2.50 bits per heavy atom. The van der Waals surface area contributed by atoms with Crippen molar-refractivity contribution in [1.82, 2.24) is 9.97 Å². The first-order valence-electron chi connectivity index (χ1n) is 7.56. The molecule has 0 saturated carbocycles. The third kappa shape index (κ3) is 3.64. The third-order valence-electron chi connectivity index (χ3n) is 3.56. The first kappa shape index (κ1) is 17.4. The molecule has 1 amide bonds. The Morgan fingerprint density at radius 2 is 1.73 bits per heavy atom. The molecule has 26 heavy (non-hydrogen) atoms. The molecule has 0 bridgehead atoms. The molecule has 3 rings (SSSR count). The highest BCUT2D eigenvalue weighted by Crippen LogP contribution is 2.21. The number of amides is 1. The summed E-state index contributed by atoms with van der Waals surface area (Å²) in [5.41, 5.74) is 1.16. The summed E-state index contributed by atoms with van der Waals surface area (Å²) >= 11 is 0. The van der Waals surface area contributed by atoms with Gasteiger partial charge in [0, 0.05) is 11.9 Å². The molecule has 0 aliphatic rings. The molecule has 2 aromatic carbocycles. The molecule has 8 heteroatoms. The molecule has 0 aliphatic carbocycles. The second kappa shape index (κ2) is 7.22. The van der Waals surface area contributed by atoms with Gasteiger partial charge in [0.15, 0.2) is 17.5 Å². The number of carbonyl (C=O) groups excluding carboxylic acids is 1. The average Bonchev–Trinajstić information content (AvgIpc) is 2.64. The lowest BCUT2D eigenvalue weighted by Gasteiger charge is -2.10. The minimum Gasteiger partial charge on any atom is -0.324 e. The van der Waals surface area contributed by atoms with Crippen LogP contribution in [0.5, 0.6) is 0 Å². The number of nitrogens with zero attached hydrogens (tertiary/aromatic N) is 2. The van der Waals surface area contributed by atoms with Crippen LogP contribution in [0.25, 0.3) is 0 Å². The van der Waals surface area contributed by atoms with Gasteiger partial charge in [0.05, 0.1) is 5.69 Å². The van der Waals surface area contributed by atoms with E-state index in [4.69, 9.17) is 0 Å². The highest BCUT2D eigenvalue weighted by atomic mass is 19.2. The fourth-order valence-corrected chi connectivity index (χ4v) is 2.19. The lowest BCUT2D eigenvalue weighted by molar-refractivity contribution is 0.102. The van der Waals surface area contributed by atoms with Crippen LogP contribution in [0.3, 0.4) is 0 Å². The molecule has 1 heterocycles. The van der Waals surface area contributed by atoms with E-state index < -0.39 is 29.0 Å². The zero-order valence-electron chi connectivity index (χ0n) is 13.6. The molecule has 0 atom stereocenters. The topological polar surface area (TPSA) is 66.9 Å². The maximum atomic E-state index is 13.7. The minimum atomic E-state index is -1.66. The molecular weight excluding hydrogens is 345 g/mol. The Balaban J connectivity index is 1.81. The Morgan fingerprint density at radius 1 is 0.962 bits per heavy atom. The van der Waals surface area contributed by atoms with Crippen molar-refractivity contribution in [3.63, 3.8) is 0 Å². The lowest BCUT2D eigenvalue weighted by atomic mass is 10.2. The van der Waals surface area contributed by atoms with Crippen LogP contribution >= 0.6 is 0 Å². The zero-order chi connectivity index (χ0) is 18.7. The van der Waals surface area contributed by atoms with Crippen molar-refractivity contribution < 1.29 is 18.0 Å². The van der Waals surface area contributed by atoms with Crippen LogP contribution in [-0.4, -0.2) is 15.9 Å². The second-order valence-electron chi connectivity index (χ2n) is 5.38. The van der Waals surface area contributed by atoms with E-state index in [1.807, 2.05) is 31.2 Å². The number of para-hydroxylation sites is 1. The molecule has 0 unspecified atom stereocenters. The van der Waals surface area contributed by atoms with Gasteiger partial charge in [-0.2, -0.15) is 0 Å². The first-order valence-corrected chi connectivity index (χ1v) is 7.56. The molecule has 132 valence electrons. The van der Waals surface area contributed by atoms with Crippen molar-refractivity contribution in [3.8, 4) is 0 Å². The zero-order valence-corrected chi connectivity index (χ0v) is 13.6. The Hall–Kier alpha value is -3.42. The van der Waals surface area contributed by atoms with Gasteiger partial charge in [0.1, 0.15) is 5.69 Å². The summed E-state index contributed by atoms with van der Waals surface area (Å²) in [6, 6.07) is 10.4. The van der Waals surface area contributed by atoms with E-state index in [2.05, 4.69) is 20.6 Å². The van der Waals surface area contributed by atoms with Gasteiger partial charge >= 0.3 is 0 Å². The van der Waals surface area contributed by atoms with Crippen LogP contribution in [0.15, 0.2) is 48.7 Å². The van der Waals surface area contributed by atoms with E-state index in [0.717, 1.165) is 23.4 Å². The van der Waals surface area contributed by atoms with Crippen molar-refractivity contribution in [2.75, 3.05) is 10.6 Å². The molecule has 1 aromatic heterocycles. The lowest BCUT2D eigenvalue weighted by Crippen LogP contribution is -2.16. The smallest absolute Gasteiger partial charge is 0.274 e. The Labute approximate surface area is 146 Å². The van der Waals surface area contributed by atoms with E-state index in [-0.39, 0.29) is 11.6 Å². The molecule has 3 aromatic rings. The number of hydrogen-bond donors (Lipinski definition) is 2. The fraction of sp³-hybridized carbons (Fsp3) is 0.0556. The first-order chi connectivity index (χ1) is 12.5. The monoisotopic (exact) mass is 358 g/mol. The van der Waals surface area contributed by atoms with E-state index in [0.29, 0.717) is 0 Å². The highest BCUT2D eigenvalue weighted by molar-refractivity contribution is 6.03. The number of carbonyl (C=O) groups is 1. The van der Waals surface area contributed by atoms with E-state index in [1.54, 1.807) is 0 Å². The number of rotatable bonds is 4. The fourth-order valence-electron chi connectivity index (χ4n) is 2.19. The Kier molecular flexibility index (Phi) is 4.83. The Bertz CT molecular complexity index is 978. The molecule has 5 nitrogen and oxygen atoms in total. The van der Waals surface area contributed by atoms with Gasteiger partial charge < -0.3 is 10.6 Å². The summed E-state index contributed by atoms with van der Waals surface area (Å²) in [5.74, 6) is -5.10. The van der Waals surface area contributed by atoms with E-state index in [9.17, 15) is 18.0 Å². The van der Waals surface area contributed by atoms with Crippen molar-refractivity contribution in [2.45, 2.75) is 6.92 Å². The summed E-state index contributed by atoms with van der Waals surface area (Å²) in [6.45, 7) is 1.89. The number of hydrogen-bond acceptors (Lipinski definition) is 4. The number of benzene rings is 2. The molecule has 0 saturated heterocycles. The quantitative estimate of drug-likeness (QED) is 0.686. The van der Waals surface area contributed by atoms with Gasteiger partial charge in [-0.15, -0.1) is 0 Å². The normalized spacial score (nSPS) is 10.5. The third-order valence-corrected chi connectivity index (χ3v) is 3.56. The number of aromatic nitrogens is 2. The second-order valence-corrected chi connectivity index (χ2v) is 5.38. The summed E-state index contributed by atoms with van der Waals surface area (Å²) in [5, 5.41) is 5.13. The number of aryl methyl sites for hydroxylation is 1. The van der Waals surface area contributed by atoms with E-state index in [1.165, 1.54) is 12.3 Å². The molecule has 2 N–H and O–H groups in total. The van der Waals surface area contributed by atoms with Crippen molar-refractivity contribution in [2.24, 2.45) is 0 Å². The van der Waals surface area contributed by atoms with Crippen LogP contribution < -0.4 is 10.6 Å². The highest BCUT2D eigenvalue weighted by Gasteiger charge is 2.17. The molecular formula is C18H13F3N4O. The summed E-state index contributed by atoms with van der Waals surface area (Å²) in [6.07, 6.45) is 1.35. The van der Waals surface area contributed by atoms with Gasteiger partial charge in [-0.3, -0.25) is 4.79 Å². The molecule has 0 spiro atoms. The molecule has 0 radical (unpaired) electrons. The predicted octanol–water partition coefficient (Wildman–Crippen LogP) is 4.20. The van der Waals surface area contributed by atoms with Crippen molar-refractivity contribution in [3.05, 3.63) is 77.4 Å². The molecule has 0 aliphatic heterocycles. The van der Waals surface area contributed by atoms with Crippen LogP contribution in [0, 0.1) is 24.4 Å². The van der Waals surface area contributed by atoms with Crippen LogP contribution in [-0.2, 0) is 0 Å². The summed E-state index contributed by atoms with van der Waals surface area (Å²) in [7, 11) is 0. The predicted molar refractivity (Wildman–Crippen MR) is 90.8 cm³/mol.